The van der Waals surface area contributed by atoms with E-state index in [1.807, 2.05) is 0 Å². The lowest BCUT2D eigenvalue weighted by Crippen LogP contribution is -2.47. The Bertz CT molecular complexity index is 272. The zero-order chi connectivity index (χ0) is 10.8. The fourth-order valence-corrected chi connectivity index (χ4v) is 2.55. The fourth-order valence-electron chi connectivity index (χ4n) is 2.55. The third-order valence-corrected chi connectivity index (χ3v) is 3.36. The topological polar surface area (TPSA) is 49.4 Å². The lowest BCUT2D eigenvalue weighted by atomic mass is 10.1. The van der Waals surface area contributed by atoms with Crippen LogP contribution in [-0.2, 0) is 9.59 Å². The summed E-state index contributed by atoms with van der Waals surface area (Å²) < 4.78 is 0. The molecule has 0 saturated carbocycles. The molecule has 1 N–H and O–H groups in total. The van der Waals surface area contributed by atoms with Gasteiger partial charge in [0.2, 0.25) is 5.91 Å². The summed E-state index contributed by atoms with van der Waals surface area (Å²) in [5, 5.41) is 3.19. The monoisotopic (exact) mass is 210 g/mol. The maximum absolute atomic E-state index is 12.1. The van der Waals surface area contributed by atoms with Crippen molar-refractivity contribution < 1.29 is 9.59 Å². The Hall–Kier alpha value is -0.900. The van der Waals surface area contributed by atoms with Gasteiger partial charge < -0.3 is 10.2 Å². The van der Waals surface area contributed by atoms with Gasteiger partial charge >= 0.3 is 0 Å². The van der Waals surface area contributed by atoms with Gasteiger partial charge in [-0.3, -0.25) is 9.59 Å². The molecule has 4 nitrogen and oxygen atoms in total. The molecule has 2 heterocycles. The van der Waals surface area contributed by atoms with Crippen molar-refractivity contribution in [2.45, 2.75) is 44.7 Å². The van der Waals surface area contributed by atoms with Crippen LogP contribution in [-0.4, -0.2) is 41.8 Å². The van der Waals surface area contributed by atoms with Gasteiger partial charge in [-0.25, -0.2) is 0 Å². The highest BCUT2D eigenvalue weighted by Crippen LogP contribution is 2.20. The normalized spacial score (nSPS) is 30.9. The minimum atomic E-state index is -0.153. The molecule has 2 aliphatic rings. The molecule has 1 amide bonds. The first kappa shape index (κ1) is 10.6. The molecule has 2 fully saturated rings. The minimum Gasteiger partial charge on any atom is -0.331 e. The number of nitrogens with one attached hydrogen (secondary N) is 1. The molecule has 0 spiro atoms. The Morgan fingerprint density at radius 3 is 2.67 bits per heavy atom. The molecule has 4 heteroatoms. The van der Waals surface area contributed by atoms with E-state index < -0.39 is 0 Å². The van der Waals surface area contributed by atoms with E-state index in [1.54, 1.807) is 11.8 Å². The molecule has 2 atom stereocenters. The van der Waals surface area contributed by atoms with Gasteiger partial charge in [-0.05, 0) is 39.2 Å². The second-order valence-corrected chi connectivity index (χ2v) is 4.45. The molecular weight excluding hydrogens is 192 g/mol. The van der Waals surface area contributed by atoms with Gasteiger partial charge in [-0.1, -0.05) is 0 Å². The average Bonchev–Trinajstić information content (AvgIpc) is 2.88. The number of Topliss-reactive ketones (excluding diaryl/α,β-unsaturated/α-hetero) is 1. The van der Waals surface area contributed by atoms with E-state index in [9.17, 15) is 9.59 Å². The highest BCUT2D eigenvalue weighted by Gasteiger charge is 2.35. The van der Waals surface area contributed by atoms with Crippen LogP contribution >= 0.6 is 0 Å². The Balaban J connectivity index is 2.02. The number of amides is 1. The number of hydrogen-bond acceptors (Lipinski definition) is 3. The largest absolute Gasteiger partial charge is 0.331 e. The van der Waals surface area contributed by atoms with Crippen molar-refractivity contribution in [2.24, 2.45) is 0 Å². The summed E-state index contributed by atoms with van der Waals surface area (Å²) in [5.74, 6) is 0.254. The van der Waals surface area contributed by atoms with Crippen LogP contribution in [0.15, 0.2) is 0 Å². The summed E-state index contributed by atoms with van der Waals surface area (Å²) in [4.78, 5) is 25.2. The number of likely N-dealkylation sites (tertiary alicyclic amines) is 1. The van der Waals surface area contributed by atoms with E-state index >= 15 is 0 Å². The summed E-state index contributed by atoms with van der Waals surface area (Å²) in [6.45, 7) is 3.26. The number of carbonyl (C=O) groups is 2. The molecule has 0 unspecified atom stereocenters. The zero-order valence-electron chi connectivity index (χ0n) is 9.16. The average molecular weight is 210 g/mol. The van der Waals surface area contributed by atoms with Gasteiger partial charge in [0.15, 0.2) is 5.78 Å². The molecule has 0 bridgehead atoms. The molecule has 15 heavy (non-hydrogen) atoms. The van der Waals surface area contributed by atoms with Crippen molar-refractivity contribution >= 4 is 11.7 Å². The van der Waals surface area contributed by atoms with Crippen LogP contribution in [0.1, 0.15) is 32.6 Å². The zero-order valence-corrected chi connectivity index (χ0v) is 9.16. The van der Waals surface area contributed by atoms with Gasteiger partial charge in [-0.2, -0.15) is 0 Å². The van der Waals surface area contributed by atoms with Gasteiger partial charge in [-0.15, -0.1) is 0 Å². The van der Waals surface area contributed by atoms with E-state index in [4.69, 9.17) is 0 Å². The third kappa shape index (κ3) is 2.04. The van der Waals surface area contributed by atoms with Crippen LogP contribution < -0.4 is 5.32 Å². The Morgan fingerprint density at radius 1 is 1.27 bits per heavy atom. The highest BCUT2D eigenvalue weighted by atomic mass is 16.2. The predicted octanol–water partition coefficient (Wildman–Crippen LogP) is 0.318. The van der Waals surface area contributed by atoms with E-state index in [0.29, 0.717) is 0 Å². The van der Waals surface area contributed by atoms with Crippen LogP contribution in [0.4, 0.5) is 0 Å². The molecule has 0 aliphatic carbocycles. The second-order valence-electron chi connectivity index (χ2n) is 4.45. The molecule has 2 aliphatic heterocycles. The first-order chi connectivity index (χ1) is 7.20. The molecule has 0 aromatic carbocycles. The summed E-state index contributed by atoms with van der Waals surface area (Å²) in [6, 6.07) is -0.190. The van der Waals surface area contributed by atoms with E-state index in [2.05, 4.69) is 5.32 Å². The minimum absolute atomic E-state index is 0.0371. The Morgan fingerprint density at radius 2 is 2.07 bits per heavy atom. The number of rotatable bonds is 2. The van der Waals surface area contributed by atoms with Crippen molar-refractivity contribution in [2.75, 3.05) is 13.1 Å². The summed E-state index contributed by atoms with van der Waals surface area (Å²) in [6.07, 6.45) is 3.78. The maximum Gasteiger partial charge on any atom is 0.240 e. The van der Waals surface area contributed by atoms with E-state index in [1.165, 1.54) is 0 Å². The molecule has 2 saturated heterocycles. The van der Waals surface area contributed by atoms with Crippen LogP contribution in [0, 0.1) is 0 Å². The van der Waals surface area contributed by atoms with Gasteiger partial charge in [0.25, 0.3) is 0 Å². The summed E-state index contributed by atoms with van der Waals surface area (Å²) in [5.41, 5.74) is 0. The second kappa shape index (κ2) is 4.31. The maximum atomic E-state index is 12.1. The standard InChI is InChI=1S/C11H18N2O2/c1-8(14)10-5-3-7-13(10)11(15)9-4-2-6-12-9/h9-10,12H,2-7H2,1H3/t9-,10-/m0/s1. The number of carbonyl (C=O) groups excluding carboxylic acids is 2. The van der Waals surface area contributed by atoms with Gasteiger partial charge in [0.1, 0.15) is 0 Å². The van der Waals surface area contributed by atoms with Gasteiger partial charge in [0, 0.05) is 6.54 Å². The molecule has 0 aromatic rings. The van der Waals surface area contributed by atoms with Crippen molar-refractivity contribution in [3.63, 3.8) is 0 Å². The highest BCUT2D eigenvalue weighted by molar-refractivity contribution is 5.90. The summed E-state index contributed by atoms with van der Waals surface area (Å²) >= 11 is 0. The summed E-state index contributed by atoms with van der Waals surface area (Å²) in [7, 11) is 0. The van der Waals surface area contributed by atoms with Crippen molar-refractivity contribution in [1.29, 1.82) is 0 Å². The Labute approximate surface area is 90.0 Å². The Kier molecular flexibility index (Phi) is 3.05. The lowest BCUT2D eigenvalue weighted by molar-refractivity contribution is -0.138. The number of nitrogens with zero attached hydrogens (tertiary/aromatic N) is 1. The molecule has 2 rings (SSSR count). The van der Waals surface area contributed by atoms with Crippen LogP contribution in [0.3, 0.4) is 0 Å². The first-order valence-corrected chi connectivity index (χ1v) is 5.74. The van der Waals surface area contributed by atoms with Crippen LogP contribution in [0.25, 0.3) is 0 Å². The molecule has 0 radical (unpaired) electrons. The number of hydrogen-bond donors (Lipinski definition) is 1. The van der Waals surface area contributed by atoms with E-state index in [-0.39, 0.29) is 23.8 Å². The van der Waals surface area contributed by atoms with Crippen LogP contribution in [0.2, 0.25) is 0 Å². The molecular formula is C11H18N2O2. The smallest absolute Gasteiger partial charge is 0.240 e. The van der Waals surface area contributed by atoms with Crippen molar-refractivity contribution in [3.8, 4) is 0 Å². The van der Waals surface area contributed by atoms with Gasteiger partial charge in [0.05, 0.1) is 12.1 Å². The fraction of sp³-hybridized carbons (Fsp3) is 0.818. The third-order valence-electron chi connectivity index (χ3n) is 3.36. The SMILES string of the molecule is CC(=O)[C@@H]1CCCN1C(=O)[C@@H]1CCCN1. The predicted molar refractivity (Wildman–Crippen MR) is 56.4 cm³/mol. The quantitative estimate of drug-likeness (QED) is 0.714. The van der Waals surface area contributed by atoms with Crippen molar-refractivity contribution in [3.05, 3.63) is 0 Å². The lowest BCUT2D eigenvalue weighted by Gasteiger charge is -2.25. The van der Waals surface area contributed by atoms with Crippen LogP contribution in [0.5, 0.6) is 0 Å². The first-order valence-electron chi connectivity index (χ1n) is 5.74. The van der Waals surface area contributed by atoms with Crippen molar-refractivity contribution in [1.82, 2.24) is 10.2 Å². The molecule has 0 aromatic heterocycles. The van der Waals surface area contributed by atoms with E-state index in [0.717, 1.165) is 38.8 Å². The number of ketones is 1. The molecule has 84 valence electrons.